The van der Waals surface area contributed by atoms with Crippen molar-refractivity contribution in [2.45, 2.75) is 45.0 Å². The van der Waals surface area contributed by atoms with E-state index in [0.29, 0.717) is 24.7 Å². The molecule has 0 radical (unpaired) electrons. The molecule has 1 saturated heterocycles. The van der Waals surface area contributed by atoms with Crippen LogP contribution in [0.3, 0.4) is 0 Å². The number of halogens is 2. The smallest absolute Gasteiger partial charge is 0.280 e. The first kappa shape index (κ1) is 19.1. The zero-order valence-corrected chi connectivity index (χ0v) is 16.9. The minimum absolute atomic E-state index is 0.176. The van der Waals surface area contributed by atoms with Crippen LogP contribution in [0.15, 0.2) is 18.5 Å². The molecule has 3 aromatic rings. The van der Waals surface area contributed by atoms with E-state index in [1.165, 1.54) is 6.07 Å². The molecule has 5 rings (SSSR count). The Bertz CT molecular complexity index is 1030. The SMILES string of the molecule is CCc1nnc2c(N3CCCN(c4cc(C(F)F)nc(C5CC5)n4)CC3)nccn12. The van der Waals surface area contributed by atoms with Crippen molar-refractivity contribution in [1.29, 1.82) is 0 Å². The molecule has 1 aliphatic carbocycles. The van der Waals surface area contributed by atoms with Crippen LogP contribution >= 0.6 is 0 Å². The summed E-state index contributed by atoms with van der Waals surface area (Å²) in [6, 6.07) is 1.44. The van der Waals surface area contributed by atoms with Gasteiger partial charge < -0.3 is 9.80 Å². The molecule has 0 atom stereocenters. The number of anilines is 2. The third-order valence-electron chi connectivity index (χ3n) is 5.73. The van der Waals surface area contributed by atoms with Gasteiger partial charge in [0, 0.05) is 57.0 Å². The van der Waals surface area contributed by atoms with Gasteiger partial charge in [0.1, 0.15) is 23.2 Å². The van der Waals surface area contributed by atoms with Crippen molar-refractivity contribution in [2.24, 2.45) is 0 Å². The molecule has 0 aromatic carbocycles. The molecule has 0 bridgehead atoms. The Hall–Kier alpha value is -2.91. The highest BCUT2D eigenvalue weighted by Gasteiger charge is 2.29. The molecule has 3 aromatic heterocycles. The molecule has 0 unspecified atom stereocenters. The quantitative estimate of drug-likeness (QED) is 0.635. The average molecular weight is 414 g/mol. The van der Waals surface area contributed by atoms with E-state index in [4.69, 9.17) is 0 Å². The second-order valence-electron chi connectivity index (χ2n) is 7.83. The summed E-state index contributed by atoms with van der Waals surface area (Å²) >= 11 is 0. The zero-order chi connectivity index (χ0) is 20.7. The molecular formula is C20H24F2N8. The third kappa shape index (κ3) is 3.54. The standard InChI is InChI=1S/C20H24F2N8/c1-2-15-26-27-20-19(23-6-9-30(15)20)29-8-3-7-28(10-11-29)16-12-14(17(21)22)24-18(25-16)13-4-5-13/h6,9,12-13,17H,2-5,7-8,10-11H2,1H3. The van der Waals surface area contributed by atoms with Crippen LogP contribution in [-0.2, 0) is 6.42 Å². The Balaban J connectivity index is 1.39. The minimum Gasteiger partial charge on any atom is -0.355 e. The van der Waals surface area contributed by atoms with E-state index in [2.05, 4.69) is 34.9 Å². The third-order valence-corrected chi connectivity index (χ3v) is 5.73. The van der Waals surface area contributed by atoms with E-state index in [1.807, 2.05) is 17.5 Å². The van der Waals surface area contributed by atoms with Gasteiger partial charge in [0.15, 0.2) is 5.82 Å². The fourth-order valence-corrected chi connectivity index (χ4v) is 3.95. The van der Waals surface area contributed by atoms with Gasteiger partial charge in [0.2, 0.25) is 5.65 Å². The van der Waals surface area contributed by atoms with Crippen LogP contribution in [0.4, 0.5) is 20.4 Å². The second kappa shape index (κ2) is 7.73. The molecule has 2 aliphatic rings. The molecule has 2 fully saturated rings. The van der Waals surface area contributed by atoms with Crippen molar-refractivity contribution in [1.82, 2.24) is 29.5 Å². The first-order chi connectivity index (χ1) is 14.6. The van der Waals surface area contributed by atoms with Gasteiger partial charge in [-0.25, -0.2) is 23.7 Å². The fourth-order valence-electron chi connectivity index (χ4n) is 3.95. The van der Waals surface area contributed by atoms with E-state index in [0.717, 1.165) is 56.1 Å². The van der Waals surface area contributed by atoms with Gasteiger partial charge in [0.05, 0.1) is 0 Å². The van der Waals surface area contributed by atoms with Crippen molar-refractivity contribution in [3.63, 3.8) is 0 Å². The predicted octanol–water partition coefficient (Wildman–Crippen LogP) is 3.01. The number of hydrogen-bond donors (Lipinski definition) is 0. The van der Waals surface area contributed by atoms with E-state index in [-0.39, 0.29) is 11.6 Å². The highest BCUT2D eigenvalue weighted by Crippen LogP contribution is 2.39. The average Bonchev–Trinajstić information content (AvgIpc) is 3.56. The fraction of sp³-hybridized carbons (Fsp3) is 0.550. The summed E-state index contributed by atoms with van der Waals surface area (Å²) in [5.41, 5.74) is 0.575. The molecule has 4 heterocycles. The molecule has 158 valence electrons. The van der Waals surface area contributed by atoms with Gasteiger partial charge in [-0.2, -0.15) is 0 Å². The van der Waals surface area contributed by atoms with Crippen LogP contribution in [0.25, 0.3) is 5.65 Å². The number of alkyl halides is 2. The van der Waals surface area contributed by atoms with Crippen LogP contribution in [0.2, 0.25) is 0 Å². The van der Waals surface area contributed by atoms with Gasteiger partial charge in [-0.15, -0.1) is 10.2 Å². The predicted molar refractivity (Wildman–Crippen MR) is 108 cm³/mol. The highest BCUT2D eigenvalue weighted by molar-refractivity contribution is 5.64. The van der Waals surface area contributed by atoms with E-state index >= 15 is 0 Å². The normalized spacial score (nSPS) is 17.7. The number of hydrogen-bond acceptors (Lipinski definition) is 7. The lowest BCUT2D eigenvalue weighted by Crippen LogP contribution is -2.32. The Kier molecular flexibility index (Phi) is 4.92. The molecule has 0 spiro atoms. The summed E-state index contributed by atoms with van der Waals surface area (Å²) in [4.78, 5) is 17.6. The minimum atomic E-state index is -2.59. The molecule has 8 nitrogen and oxygen atoms in total. The summed E-state index contributed by atoms with van der Waals surface area (Å²) in [5, 5.41) is 8.59. The van der Waals surface area contributed by atoms with Gasteiger partial charge in [-0.3, -0.25) is 4.40 Å². The first-order valence-electron chi connectivity index (χ1n) is 10.5. The number of aromatic nitrogens is 6. The Morgan fingerprint density at radius 1 is 1.07 bits per heavy atom. The number of nitrogens with zero attached hydrogens (tertiary/aromatic N) is 8. The van der Waals surface area contributed by atoms with E-state index in [1.54, 1.807) is 6.20 Å². The summed E-state index contributed by atoms with van der Waals surface area (Å²) in [5.74, 6) is 3.10. The Morgan fingerprint density at radius 2 is 1.87 bits per heavy atom. The molecule has 30 heavy (non-hydrogen) atoms. The highest BCUT2D eigenvalue weighted by atomic mass is 19.3. The van der Waals surface area contributed by atoms with Crippen molar-refractivity contribution in [3.8, 4) is 0 Å². The lowest BCUT2D eigenvalue weighted by atomic mass is 10.3. The Morgan fingerprint density at radius 3 is 2.63 bits per heavy atom. The number of aryl methyl sites for hydroxylation is 1. The summed E-state index contributed by atoms with van der Waals surface area (Å²) in [6.07, 6.45) is 4.69. The topological polar surface area (TPSA) is 75.3 Å². The van der Waals surface area contributed by atoms with Crippen molar-refractivity contribution in [2.75, 3.05) is 36.0 Å². The van der Waals surface area contributed by atoms with Gasteiger partial charge >= 0.3 is 0 Å². The second-order valence-corrected chi connectivity index (χ2v) is 7.83. The monoisotopic (exact) mass is 414 g/mol. The molecule has 1 aliphatic heterocycles. The summed E-state index contributed by atoms with van der Waals surface area (Å²) in [7, 11) is 0. The van der Waals surface area contributed by atoms with E-state index < -0.39 is 6.43 Å². The van der Waals surface area contributed by atoms with Crippen LogP contribution in [0, 0.1) is 0 Å². The van der Waals surface area contributed by atoms with E-state index in [9.17, 15) is 8.78 Å². The van der Waals surface area contributed by atoms with Crippen LogP contribution in [-0.4, -0.2) is 55.7 Å². The maximum atomic E-state index is 13.4. The molecule has 10 heteroatoms. The molecule has 0 N–H and O–H groups in total. The molecule has 1 saturated carbocycles. The van der Waals surface area contributed by atoms with Crippen LogP contribution < -0.4 is 9.80 Å². The lowest BCUT2D eigenvalue weighted by Gasteiger charge is -2.24. The van der Waals surface area contributed by atoms with Gasteiger partial charge in [-0.05, 0) is 19.3 Å². The summed E-state index contributed by atoms with van der Waals surface area (Å²) < 4.78 is 28.7. The van der Waals surface area contributed by atoms with Gasteiger partial charge in [0.25, 0.3) is 6.43 Å². The Labute approximate surface area is 173 Å². The summed E-state index contributed by atoms with van der Waals surface area (Å²) in [6.45, 7) is 4.97. The van der Waals surface area contributed by atoms with Gasteiger partial charge in [-0.1, -0.05) is 6.92 Å². The number of fused-ring (bicyclic) bond motifs is 1. The van der Waals surface area contributed by atoms with Crippen molar-refractivity contribution < 1.29 is 8.78 Å². The lowest BCUT2D eigenvalue weighted by molar-refractivity contribution is 0.145. The molecular weight excluding hydrogens is 390 g/mol. The largest absolute Gasteiger partial charge is 0.355 e. The number of rotatable bonds is 5. The van der Waals surface area contributed by atoms with Crippen molar-refractivity contribution in [3.05, 3.63) is 35.8 Å². The van der Waals surface area contributed by atoms with Crippen molar-refractivity contribution >= 4 is 17.3 Å². The maximum absolute atomic E-state index is 13.4. The first-order valence-corrected chi connectivity index (χ1v) is 10.5. The zero-order valence-electron chi connectivity index (χ0n) is 16.9. The molecule has 0 amide bonds. The van der Waals surface area contributed by atoms with Crippen LogP contribution in [0.5, 0.6) is 0 Å². The maximum Gasteiger partial charge on any atom is 0.280 e. The van der Waals surface area contributed by atoms with Crippen LogP contribution in [0.1, 0.15) is 55.9 Å².